The fraction of sp³-hybridized carbons (Fsp3) is 0.308. The Balaban J connectivity index is 1.98. The fourth-order valence-electron chi connectivity index (χ4n) is 1.81. The highest BCUT2D eigenvalue weighted by Crippen LogP contribution is 2.19. The van der Waals surface area contributed by atoms with Gasteiger partial charge in [0, 0.05) is 18.9 Å². The lowest BCUT2D eigenvalue weighted by molar-refractivity contribution is 0.166. The van der Waals surface area contributed by atoms with Gasteiger partial charge in [0.25, 0.3) is 0 Å². The van der Waals surface area contributed by atoms with Crippen LogP contribution in [0.5, 0.6) is 0 Å². The Morgan fingerprint density at radius 2 is 2.24 bits per heavy atom. The molecule has 0 aliphatic rings. The maximum Gasteiger partial charge on any atom is 0.123 e. The van der Waals surface area contributed by atoms with Gasteiger partial charge in [0.15, 0.2) is 0 Å². The van der Waals surface area contributed by atoms with Crippen molar-refractivity contribution in [2.45, 2.75) is 18.9 Å². The molecule has 1 N–H and O–H groups in total. The van der Waals surface area contributed by atoms with E-state index in [1.807, 2.05) is 13.1 Å². The van der Waals surface area contributed by atoms with Crippen LogP contribution in [0.15, 0.2) is 36.5 Å². The van der Waals surface area contributed by atoms with E-state index in [0.717, 1.165) is 5.69 Å². The standard InChI is InChI=1S/C13H15FN2O/c1-16-12(7-8-15-16)5-6-13(17)10-3-2-4-11(14)9-10/h2-4,7-9,13,17H,5-6H2,1H3. The van der Waals surface area contributed by atoms with Crippen LogP contribution in [0.3, 0.4) is 0 Å². The second-order valence-electron chi connectivity index (χ2n) is 4.06. The molecule has 17 heavy (non-hydrogen) atoms. The molecule has 1 unspecified atom stereocenters. The van der Waals surface area contributed by atoms with Crippen molar-refractivity contribution < 1.29 is 9.50 Å². The molecule has 0 aliphatic heterocycles. The van der Waals surface area contributed by atoms with Crippen LogP contribution in [-0.4, -0.2) is 14.9 Å². The molecule has 0 bridgehead atoms. The number of aromatic nitrogens is 2. The Labute approximate surface area is 99.5 Å². The van der Waals surface area contributed by atoms with Gasteiger partial charge in [-0.15, -0.1) is 0 Å². The average Bonchev–Trinajstić information content (AvgIpc) is 2.72. The summed E-state index contributed by atoms with van der Waals surface area (Å²) in [5.74, 6) is -0.318. The molecule has 90 valence electrons. The molecule has 0 spiro atoms. The fourth-order valence-corrected chi connectivity index (χ4v) is 1.81. The number of rotatable bonds is 4. The molecular formula is C13H15FN2O. The molecule has 0 radical (unpaired) electrons. The van der Waals surface area contributed by atoms with Crippen LogP contribution >= 0.6 is 0 Å². The first kappa shape index (κ1) is 11.8. The number of benzene rings is 1. The SMILES string of the molecule is Cn1nccc1CCC(O)c1cccc(F)c1. The Morgan fingerprint density at radius 1 is 1.41 bits per heavy atom. The van der Waals surface area contributed by atoms with Crippen molar-refractivity contribution in [2.75, 3.05) is 0 Å². The van der Waals surface area contributed by atoms with Crippen molar-refractivity contribution in [3.8, 4) is 0 Å². The van der Waals surface area contributed by atoms with Crippen molar-refractivity contribution in [1.29, 1.82) is 0 Å². The molecule has 0 aliphatic carbocycles. The van der Waals surface area contributed by atoms with E-state index in [0.29, 0.717) is 18.4 Å². The quantitative estimate of drug-likeness (QED) is 0.880. The molecule has 0 saturated carbocycles. The number of nitrogens with zero attached hydrogens (tertiary/aromatic N) is 2. The first-order chi connectivity index (χ1) is 8.16. The lowest BCUT2D eigenvalue weighted by Gasteiger charge is -2.10. The van der Waals surface area contributed by atoms with Gasteiger partial charge in [-0.1, -0.05) is 12.1 Å². The second kappa shape index (κ2) is 5.10. The molecule has 1 aromatic carbocycles. The van der Waals surface area contributed by atoms with E-state index in [2.05, 4.69) is 5.10 Å². The van der Waals surface area contributed by atoms with Gasteiger partial charge in [0.1, 0.15) is 5.82 Å². The maximum absolute atomic E-state index is 13.0. The molecule has 1 aromatic heterocycles. The van der Waals surface area contributed by atoms with Crippen molar-refractivity contribution in [3.63, 3.8) is 0 Å². The Kier molecular flexibility index (Phi) is 3.54. The zero-order valence-corrected chi connectivity index (χ0v) is 9.68. The summed E-state index contributed by atoms with van der Waals surface area (Å²) in [5, 5.41) is 14.0. The zero-order chi connectivity index (χ0) is 12.3. The Hall–Kier alpha value is -1.68. The predicted octanol–water partition coefficient (Wildman–Crippen LogP) is 2.23. The Bertz CT molecular complexity index is 496. The monoisotopic (exact) mass is 234 g/mol. The molecular weight excluding hydrogens is 219 g/mol. The molecule has 1 atom stereocenters. The van der Waals surface area contributed by atoms with Crippen LogP contribution in [0, 0.1) is 5.82 Å². The third-order valence-electron chi connectivity index (χ3n) is 2.83. The molecule has 0 amide bonds. The van der Waals surface area contributed by atoms with Crippen molar-refractivity contribution in [3.05, 3.63) is 53.6 Å². The van der Waals surface area contributed by atoms with E-state index in [9.17, 15) is 9.50 Å². The van der Waals surface area contributed by atoms with Gasteiger partial charge < -0.3 is 5.11 Å². The normalized spacial score (nSPS) is 12.6. The van der Waals surface area contributed by atoms with Crippen molar-refractivity contribution in [1.82, 2.24) is 9.78 Å². The summed E-state index contributed by atoms with van der Waals surface area (Å²) in [7, 11) is 1.86. The summed E-state index contributed by atoms with van der Waals surface area (Å²) in [6.07, 6.45) is 2.36. The number of hydrogen-bond acceptors (Lipinski definition) is 2. The van der Waals surface area contributed by atoms with Crippen LogP contribution in [-0.2, 0) is 13.5 Å². The second-order valence-corrected chi connectivity index (χ2v) is 4.06. The minimum atomic E-state index is -0.638. The zero-order valence-electron chi connectivity index (χ0n) is 9.68. The number of hydrogen-bond donors (Lipinski definition) is 1. The third kappa shape index (κ3) is 2.91. The van der Waals surface area contributed by atoms with Crippen LogP contribution in [0.1, 0.15) is 23.8 Å². The first-order valence-electron chi connectivity index (χ1n) is 5.57. The summed E-state index contributed by atoms with van der Waals surface area (Å²) in [5.41, 5.74) is 1.67. The molecule has 2 aromatic rings. The molecule has 0 saturated heterocycles. The largest absolute Gasteiger partial charge is 0.388 e. The highest BCUT2D eigenvalue weighted by molar-refractivity contribution is 5.19. The summed E-state index contributed by atoms with van der Waals surface area (Å²) < 4.78 is 14.8. The minimum Gasteiger partial charge on any atom is -0.388 e. The molecule has 2 rings (SSSR count). The first-order valence-corrected chi connectivity index (χ1v) is 5.57. The van der Waals surface area contributed by atoms with Gasteiger partial charge in [-0.25, -0.2) is 4.39 Å². The maximum atomic E-state index is 13.0. The highest BCUT2D eigenvalue weighted by Gasteiger charge is 2.09. The lowest BCUT2D eigenvalue weighted by Crippen LogP contribution is -2.03. The highest BCUT2D eigenvalue weighted by atomic mass is 19.1. The Morgan fingerprint density at radius 3 is 2.88 bits per heavy atom. The van der Waals surface area contributed by atoms with E-state index < -0.39 is 6.10 Å². The molecule has 4 heteroatoms. The van der Waals surface area contributed by atoms with E-state index in [1.54, 1.807) is 23.0 Å². The van der Waals surface area contributed by atoms with Crippen molar-refractivity contribution in [2.24, 2.45) is 7.05 Å². The third-order valence-corrected chi connectivity index (χ3v) is 2.83. The number of halogens is 1. The van der Waals surface area contributed by atoms with E-state index >= 15 is 0 Å². The summed E-state index contributed by atoms with van der Waals surface area (Å²) in [4.78, 5) is 0. The van der Waals surface area contributed by atoms with Gasteiger partial charge in [-0.3, -0.25) is 4.68 Å². The van der Waals surface area contributed by atoms with Crippen LogP contribution in [0.4, 0.5) is 4.39 Å². The molecule has 3 nitrogen and oxygen atoms in total. The number of aliphatic hydroxyl groups is 1. The van der Waals surface area contributed by atoms with Crippen LogP contribution < -0.4 is 0 Å². The number of aliphatic hydroxyl groups excluding tert-OH is 1. The van der Waals surface area contributed by atoms with Gasteiger partial charge in [0.2, 0.25) is 0 Å². The van der Waals surface area contributed by atoms with Gasteiger partial charge in [-0.2, -0.15) is 5.10 Å². The predicted molar refractivity (Wildman–Crippen MR) is 62.9 cm³/mol. The van der Waals surface area contributed by atoms with Gasteiger partial charge in [-0.05, 0) is 36.6 Å². The van der Waals surface area contributed by atoms with Gasteiger partial charge in [0.05, 0.1) is 6.10 Å². The lowest BCUT2D eigenvalue weighted by atomic mass is 10.0. The number of aryl methyl sites for hydroxylation is 2. The van der Waals surface area contributed by atoms with E-state index in [1.165, 1.54) is 12.1 Å². The summed E-state index contributed by atoms with van der Waals surface area (Å²) >= 11 is 0. The summed E-state index contributed by atoms with van der Waals surface area (Å²) in [6.45, 7) is 0. The van der Waals surface area contributed by atoms with Gasteiger partial charge >= 0.3 is 0 Å². The van der Waals surface area contributed by atoms with E-state index in [-0.39, 0.29) is 5.82 Å². The molecule has 0 fully saturated rings. The minimum absolute atomic E-state index is 0.318. The smallest absolute Gasteiger partial charge is 0.123 e. The average molecular weight is 234 g/mol. The topological polar surface area (TPSA) is 38.0 Å². The molecule has 1 heterocycles. The van der Waals surface area contributed by atoms with Crippen LogP contribution in [0.25, 0.3) is 0 Å². The van der Waals surface area contributed by atoms with Crippen LogP contribution in [0.2, 0.25) is 0 Å². The van der Waals surface area contributed by atoms with Crippen molar-refractivity contribution >= 4 is 0 Å². The van der Waals surface area contributed by atoms with E-state index in [4.69, 9.17) is 0 Å². The summed E-state index contributed by atoms with van der Waals surface area (Å²) in [6, 6.07) is 8.00.